The van der Waals surface area contributed by atoms with Crippen molar-refractivity contribution in [3.05, 3.63) is 75.8 Å². The second-order valence-corrected chi connectivity index (χ2v) is 10.1. The molecule has 1 aromatic heterocycles. The molecule has 0 N–H and O–H groups in total. The number of aryl methyl sites for hydroxylation is 1. The molecule has 5 rings (SSSR count). The zero-order valence-corrected chi connectivity index (χ0v) is 19.5. The Kier molecular flexibility index (Phi) is 5.60. The monoisotopic (exact) mass is 444 g/mol. The van der Waals surface area contributed by atoms with E-state index < -0.39 is 0 Å². The Hall–Kier alpha value is -2.92. The minimum Gasteiger partial charge on any atom is -0.497 e. The molecule has 0 unspecified atom stereocenters. The van der Waals surface area contributed by atoms with Crippen molar-refractivity contribution in [2.24, 2.45) is 5.92 Å². The topological polar surface area (TPSA) is 42.4 Å². The standard InChI is InChI=1S/C27H28N2O2S/c1-17(20-6-7-20)29-13-12-21-15-22(8-11-25(21)29)27-18(2)32-26(28-27)16-23(30)14-19-4-9-24(31-3)10-5-19/h4-5,8-11,15,20H,1,6-7,12-14,16H2,2-3H3. The van der Waals surface area contributed by atoms with Gasteiger partial charge in [-0.05, 0) is 67.5 Å². The number of anilines is 1. The molecule has 164 valence electrons. The Morgan fingerprint density at radius 1 is 1.19 bits per heavy atom. The number of aromatic nitrogens is 1. The van der Waals surface area contributed by atoms with E-state index in [-0.39, 0.29) is 5.78 Å². The smallest absolute Gasteiger partial charge is 0.144 e. The molecule has 0 spiro atoms. The van der Waals surface area contributed by atoms with E-state index in [2.05, 4.69) is 36.6 Å². The summed E-state index contributed by atoms with van der Waals surface area (Å²) in [4.78, 5) is 21.0. The SMILES string of the molecule is C=C(C1CC1)N1CCc2cc(-c3nc(CC(=O)Cc4ccc(OC)cc4)sc3C)ccc21. The van der Waals surface area contributed by atoms with Gasteiger partial charge in [-0.25, -0.2) is 4.98 Å². The van der Waals surface area contributed by atoms with Crippen LogP contribution in [0.15, 0.2) is 54.7 Å². The number of thiazole rings is 1. The lowest BCUT2D eigenvalue weighted by Gasteiger charge is -2.22. The van der Waals surface area contributed by atoms with Crippen molar-refractivity contribution in [3.8, 4) is 17.0 Å². The number of allylic oxidation sites excluding steroid dienone is 1. The van der Waals surface area contributed by atoms with Crippen LogP contribution in [0, 0.1) is 12.8 Å². The highest BCUT2D eigenvalue weighted by Crippen LogP contribution is 2.43. The van der Waals surface area contributed by atoms with Crippen molar-refractivity contribution in [1.29, 1.82) is 0 Å². The molecular weight excluding hydrogens is 416 g/mol. The summed E-state index contributed by atoms with van der Waals surface area (Å²) in [6.45, 7) is 7.46. The van der Waals surface area contributed by atoms with Crippen LogP contribution in [0.3, 0.4) is 0 Å². The van der Waals surface area contributed by atoms with E-state index in [1.165, 1.54) is 29.8 Å². The number of carbonyl (C=O) groups is 1. The predicted octanol–water partition coefficient (Wildman–Crippen LogP) is 5.77. The Labute approximate surface area is 193 Å². The van der Waals surface area contributed by atoms with Gasteiger partial charge >= 0.3 is 0 Å². The van der Waals surface area contributed by atoms with Gasteiger partial charge < -0.3 is 9.64 Å². The van der Waals surface area contributed by atoms with Gasteiger partial charge in [0.25, 0.3) is 0 Å². The summed E-state index contributed by atoms with van der Waals surface area (Å²) in [5.41, 5.74) is 7.09. The molecule has 32 heavy (non-hydrogen) atoms. The minimum absolute atomic E-state index is 0.179. The second-order valence-electron chi connectivity index (χ2n) is 8.76. The highest BCUT2D eigenvalue weighted by molar-refractivity contribution is 7.12. The molecule has 1 aliphatic heterocycles. The summed E-state index contributed by atoms with van der Waals surface area (Å²) in [7, 11) is 1.64. The average molecular weight is 445 g/mol. The lowest BCUT2D eigenvalue weighted by Crippen LogP contribution is -2.19. The Balaban J connectivity index is 1.29. The minimum atomic E-state index is 0.179. The molecule has 5 heteroatoms. The van der Waals surface area contributed by atoms with Crippen molar-refractivity contribution in [2.45, 2.75) is 39.0 Å². The van der Waals surface area contributed by atoms with Crippen LogP contribution in [-0.2, 0) is 24.1 Å². The number of hydrogen-bond donors (Lipinski definition) is 0. The molecule has 0 radical (unpaired) electrons. The Bertz CT molecular complexity index is 1170. The maximum Gasteiger partial charge on any atom is 0.144 e. The van der Waals surface area contributed by atoms with Crippen LogP contribution in [0.5, 0.6) is 5.75 Å². The number of ether oxygens (including phenoxy) is 1. The van der Waals surface area contributed by atoms with Crippen LogP contribution in [0.25, 0.3) is 11.3 Å². The number of ketones is 1. The van der Waals surface area contributed by atoms with Crippen molar-refractivity contribution in [1.82, 2.24) is 4.98 Å². The molecule has 4 nitrogen and oxygen atoms in total. The number of rotatable bonds is 8. The normalized spacial score (nSPS) is 15.0. The number of carbonyl (C=O) groups excluding carboxylic acids is 1. The fourth-order valence-corrected chi connectivity index (χ4v) is 5.46. The zero-order valence-electron chi connectivity index (χ0n) is 18.7. The van der Waals surface area contributed by atoms with E-state index in [1.54, 1.807) is 18.4 Å². The number of hydrogen-bond acceptors (Lipinski definition) is 5. The number of Topliss-reactive ketones (excluding diaryl/α,β-unsaturated/α-hetero) is 1. The molecule has 2 aliphatic rings. The van der Waals surface area contributed by atoms with Gasteiger partial charge in [-0.1, -0.05) is 24.8 Å². The van der Waals surface area contributed by atoms with Crippen LogP contribution in [0.2, 0.25) is 0 Å². The maximum atomic E-state index is 12.6. The van der Waals surface area contributed by atoms with Gasteiger partial charge in [0, 0.05) is 34.8 Å². The van der Waals surface area contributed by atoms with E-state index in [9.17, 15) is 4.79 Å². The van der Waals surface area contributed by atoms with E-state index in [0.717, 1.165) is 45.4 Å². The van der Waals surface area contributed by atoms with Gasteiger partial charge in [0.05, 0.1) is 19.2 Å². The lowest BCUT2D eigenvalue weighted by atomic mass is 10.1. The molecule has 0 bridgehead atoms. The van der Waals surface area contributed by atoms with Crippen LogP contribution in [0.4, 0.5) is 5.69 Å². The van der Waals surface area contributed by atoms with Crippen LogP contribution in [0.1, 0.15) is 33.9 Å². The molecule has 1 fully saturated rings. The van der Waals surface area contributed by atoms with Crippen LogP contribution >= 0.6 is 11.3 Å². The van der Waals surface area contributed by atoms with Gasteiger partial charge in [-0.15, -0.1) is 11.3 Å². The molecule has 0 atom stereocenters. The van der Waals surface area contributed by atoms with Crippen molar-refractivity contribution in [2.75, 3.05) is 18.6 Å². The summed E-state index contributed by atoms with van der Waals surface area (Å²) in [6.07, 6.45) is 4.39. The van der Waals surface area contributed by atoms with Crippen LogP contribution in [-0.4, -0.2) is 24.4 Å². The van der Waals surface area contributed by atoms with Gasteiger partial charge in [-0.3, -0.25) is 4.79 Å². The Morgan fingerprint density at radius 2 is 1.97 bits per heavy atom. The average Bonchev–Trinajstić information content (AvgIpc) is 3.46. The third-order valence-electron chi connectivity index (χ3n) is 6.39. The van der Waals surface area contributed by atoms with Crippen molar-refractivity contribution >= 4 is 22.8 Å². The van der Waals surface area contributed by atoms with Crippen molar-refractivity contribution in [3.63, 3.8) is 0 Å². The van der Waals surface area contributed by atoms with Crippen LogP contribution < -0.4 is 9.64 Å². The molecule has 2 heterocycles. The van der Waals surface area contributed by atoms with E-state index in [4.69, 9.17) is 9.72 Å². The first-order valence-corrected chi connectivity index (χ1v) is 12.0. The van der Waals surface area contributed by atoms with Gasteiger partial charge in [0.2, 0.25) is 0 Å². The third-order valence-corrected chi connectivity index (χ3v) is 7.36. The fourth-order valence-electron chi connectivity index (χ4n) is 4.48. The first-order chi connectivity index (χ1) is 15.5. The number of methoxy groups -OCH3 is 1. The summed E-state index contributed by atoms with van der Waals surface area (Å²) < 4.78 is 5.19. The first-order valence-electron chi connectivity index (χ1n) is 11.2. The highest BCUT2D eigenvalue weighted by atomic mass is 32.1. The van der Waals surface area contributed by atoms with Crippen molar-refractivity contribution < 1.29 is 9.53 Å². The molecule has 3 aromatic rings. The lowest BCUT2D eigenvalue weighted by molar-refractivity contribution is -0.117. The summed E-state index contributed by atoms with van der Waals surface area (Å²) in [5, 5.41) is 0.889. The maximum absolute atomic E-state index is 12.6. The molecule has 0 amide bonds. The molecule has 1 aliphatic carbocycles. The molecule has 0 saturated heterocycles. The van der Waals surface area contributed by atoms with Gasteiger partial charge in [0.15, 0.2) is 0 Å². The zero-order chi connectivity index (χ0) is 22.2. The van der Waals surface area contributed by atoms with E-state index in [1.807, 2.05) is 24.3 Å². The Morgan fingerprint density at radius 3 is 2.69 bits per heavy atom. The summed E-state index contributed by atoms with van der Waals surface area (Å²) >= 11 is 1.63. The number of benzene rings is 2. The molecule has 2 aromatic carbocycles. The van der Waals surface area contributed by atoms with E-state index >= 15 is 0 Å². The highest BCUT2D eigenvalue weighted by Gasteiger charge is 2.32. The largest absolute Gasteiger partial charge is 0.497 e. The van der Waals surface area contributed by atoms with E-state index in [0.29, 0.717) is 18.8 Å². The van der Waals surface area contributed by atoms with Gasteiger partial charge in [-0.2, -0.15) is 0 Å². The van der Waals surface area contributed by atoms with Gasteiger partial charge in [0.1, 0.15) is 16.5 Å². The predicted molar refractivity (Wildman–Crippen MR) is 131 cm³/mol. The molecular formula is C27H28N2O2S. The number of nitrogens with zero attached hydrogens (tertiary/aromatic N) is 2. The molecule has 1 saturated carbocycles. The number of fused-ring (bicyclic) bond motifs is 1. The fraction of sp³-hybridized carbons (Fsp3) is 0.333. The quantitative estimate of drug-likeness (QED) is 0.442. The summed E-state index contributed by atoms with van der Waals surface area (Å²) in [6, 6.07) is 14.3. The third kappa shape index (κ3) is 4.22. The summed E-state index contributed by atoms with van der Waals surface area (Å²) in [5.74, 6) is 1.66. The second kappa shape index (κ2) is 8.55. The first kappa shape index (κ1) is 21.0.